The van der Waals surface area contributed by atoms with E-state index in [4.69, 9.17) is 0 Å². The van der Waals surface area contributed by atoms with Crippen molar-refractivity contribution in [1.29, 1.82) is 0 Å². The number of nitrogens with zero attached hydrogens (tertiary/aromatic N) is 2. The van der Waals surface area contributed by atoms with Crippen LogP contribution in [0.4, 0.5) is 5.69 Å². The maximum Gasteiger partial charge on any atom is 0.240 e. The fourth-order valence-corrected chi connectivity index (χ4v) is 5.32. The average Bonchev–Trinajstić information content (AvgIpc) is 2.88. The van der Waals surface area contributed by atoms with Crippen LogP contribution in [0.1, 0.15) is 18.3 Å². The van der Waals surface area contributed by atoms with Crippen molar-refractivity contribution < 1.29 is 13.2 Å². The highest BCUT2D eigenvalue weighted by molar-refractivity contribution is 8.00. The Hall–Kier alpha value is -3.53. The molecule has 3 aromatic carbocycles. The Kier molecular flexibility index (Phi) is 8.14. The van der Waals surface area contributed by atoms with Crippen molar-refractivity contribution in [2.75, 3.05) is 5.32 Å². The van der Waals surface area contributed by atoms with Gasteiger partial charge in [0.05, 0.1) is 15.8 Å². The van der Waals surface area contributed by atoms with E-state index >= 15 is 0 Å². The number of nitrogens with one attached hydrogen (secondary N) is 2. The third kappa shape index (κ3) is 6.78. The van der Waals surface area contributed by atoms with Gasteiger partial charge in [-0.3, -0.25) is 4.79 Å². The number of amides is 1. The van der Waals surface area contributed by atoms with Crippen molar-refractivity contribution in [3.63, 3.8) is 0 Å². The Balaban J connectivity index is 1.37. The van der Waals surface area contributed by atoms with Gasteiger partial charge in [0.2, 0.25) is 15.9 Å². The fourth-order valence-electron chi connectivity index (χ4n) is 3.41. The lowest BCUT2D eigenvalue weighted by Crippen LogP contribution is -2.24. The van der Waals surface area contributed by atoms with Crippen molar-refractivity contribution in [3.05, 3.63) is 102 Å². The molecule has 0 aliphatic rings. The first kappa shape index (κ1) is 25.6. The van der Waals surface area contributed by atoms with Crippen LogP contribution < -0.4 is 10.0 Å². The lowest BCUT2D eigenvalue weighted by Gasteiger charge is -2.13. The van der Waals surface area contributed by atoms with Gasteiger partial charge in [-0.2, -0.15) is 0 Å². The molecule has 1 unspecified atom stereocenters. The van der Waals surface area contributed by atoms with Crippen molar-refractivity contribution in [3.8, 4) is 11.3 Å². The van der Waals surface area contributed by atoms with E-state index in [1.165, 1.54) is 23.9 Å². The topological polar surface area (TPSA) is 101 Å². The average molecular weight is 519 g/mol. The summed E-state index contributed by atoms with van der Waals surface area (Å²) in [5, 5.41) is 3.11. The van der Waals surface area contributed by atoms with Gasteiger partial charge in [-0.05, 0) is 49.7 Å². The van der Waals surface area contributed by atoms with Gasteiger partial charge in [0.1, 0.15) is 10.9 Å². The maximum atomic E-state index is 12.8. The summed E-state index contributed by atoms with van der Waals surface area (Å²) in [5.41, 5.74) is 3.16. The van der Waals surface area contributed by atoms with Crippen LogP contribution in [0.15, 0.2) is 101 Å². The molecule has 1 heterocycles. The Labute approximate surface area is 215 Å². The Bertz CT molecular complexity index is 1430. The number of aromatic nitrogens is 2. The second kappa shape index (κ2) is 11.5. The molecule has 0 radical (unpaired) electrons. The van der Waals surface area contributed by atoms with E-state index in [-0.39, 0.29) is 17.3 Å². The smallest absolute Gasteiger partial charge is 0.240 e. The summed E-state index contributed by atoms with van der Waals surface area (Å²) in [6.45, 7) is 3.82. The highest BCUT2D eigenvalue weighted by Gasteiger charge is 2.18. The number of benzene rings is 3. The molecule has 0 aliphatic heterocycles. The van der Waals surface area contributed by atoms with Gasteiger partial charge in [-0.25, -0.2) is 23.1 Å². The zero-order chi connectivity index (χ0) is 25.5. The van der Waals surface area contributed by atoms with Crippen LogP contribution in [-0.4, -0.2) is 29.5 Å². The first-order chi connectivity index (χ1) is 17.3. The molecule has 4 rings (SSSR count). The van der Waals surface area contributed by atoms with E-state index < -0.39 is 15.3 Å². The third-order valence-corrected chi connectivity index (χ3v) is 7.73. The summed E-state index contributed by atoms with van der Waals surface area (Å²) in [6.07, 6.45) is 0. The second-order valence-electron chi connectivity index (χ2n) is 8.09. The Morgan fingerprint density at radius 2 is 1.56 bits per heavy atom. The van der Waals surface area contributed by atoms with Crippen LogP contribution in [0.25, 0.3) is 11.3 Å². The van der Waals surface area contributed by atoms with Gasteiger partial charge < -0.3 is 5.32 Å². The fraction of sp³-hybridized carbons (Fsp3) is 0.148. The molecular formula is C27H26N4O3S2. The summed E-state index contributed by atoms with van der Waals surface area (Å²) in [4.78, 5) is 21.9. The van der Waals surface area contributed by atoms with E-state index in [1.54, 1.807) is 19.1 Å². The van der Waals surface area contributed by atoms with Gasteiger partial charge in [-0.15, -0.1) is 0 Å². The molecule has 9 heteroatoms. The van der Waals surface area contributed by atoms with Crippen LogP contribution in [0.3, 0.4) is 0 Å². The predicted molar refractivity (Wildman–Crippen MR) is 143 cm³/mol. The summed E-state index contributed by atoms with van der Waals surface area (Å²) < 4.78 is 27.8. The molecule has 0 fully saturated rings. The molecule has 7 nitrogen and oxygen atoms in total. The SMILES string of the molecule is Cc1nc(SC(C)C(=O)Nc2ccc(S(=O)(=O)NCc3ccccc3)cc2)cc(-c2ccccc2)n1. The van der Waals surface area contributed by atoms with Gasteiger partial charge in [0, 0.05) is 17.8 Å². The number of sulfonamides is 1. The van der Waals surface area contributed by atoms with Crippen LogP contribution in [0.5, 0.6) is 0 Å². The third-order valence-electron chi connectivity index (χ3n) is 5.29. The number of anilines is 1. The predicted octanol–water partition coefficient (Wildman–Crippen LogP) is 5.05. The first-order valence-electron chi connectivity index (χ1n) is 11.3. The zero-order valence-electron chi connectivity index (χ0n) is 19.9. The number of thioether (sulfide) groups is 1. The Morgan fingerprint density at radius 3 is 2.22 bits per heavy atom. The quantitative estimate of drug-likeness (QED) is 0.238. The van der Waals surface area contributed by atoms with Crippen LogP contribution >= 0.6 is 11.8 Å². The molecule has 1 atom stereocenters. The molecule has 0 bridgehead atoms. The van der Waals surface area contributed by atoms with E-state index in [0.29, 0.717) is 16.5 Å². The van der Waals surface area contributed by atoms with Gasteiger partial charge in [0.15, 0.2) is 0 Å². The van der Waals surface area contributed by atoms with Crippen LogP contribution in [0, 0.1) is 6.92 Å². The van der Waals surface area contributed by atoms with E-state index in [0.717, 1.165) is 16.8 Å². The molecule has 0 saturated heterocycles. The first-order valence-corrected chi connectivity index (χ1v) is 13.7. The van der Waals surface area contributed by atoms with E-state index in [1.807, 2.05) is 73.7 Å². The molecule has 184 valence electrons. The van der Waals surface area contributed by atoms with E-state index in [9.17, 15) is 13.2 Å². The zero-order valence-corrected chi connectivity index (χ0v) is 21.5. The minimum atomic E-state index is -3.67. The monoisotopic (exact) mass is 518 g/mol. The second-order valence-corrected chi connectivity index (χ2v) is 11.2. The van der Waals surface area contributed by atoms with Crippen molar-refractivity contribution in [2.45, 2.75) is 35.6 Å². The molecule has 1 aromatic heterocycles. The standard InChI is InChI=1S/C27H26N4O3S2/c1-19(35-26-17-25(29-20(2)30-26)22-11-7-4-8-12-22)27(32)31-23-13-15-24(16-14-23)36(33,34)28-18-21-9-5-3-6-10-21/h3-17,19,28H,18H2,1-2H3,(H,31,32). The summed E-state index contributed by atoms with van der Waals surface area (Å²) in [5.74, 6) is 0.416. The number of aryl methyl sites for hydroxylation is 1. The molecule has 0 saturated carbocycles. The highest BCUT2D eigenvalue weighted by atomic mass is 32.2. The molecule has 2 N–H and O–H groups in total. The number of hydrogen-bond acceptors (Lipinski definition) is 6. The van der Waals surface area contributed by atoms with Gasteiger partial charge in [-0.1, -0.05) is 72.4 Å². The lowest BCUT2D eigenvalue weighted by atomic mass is 10.1. The number of hydrogen-bond donors (Lipinski definition) is 2. The molecular weight excluding hydrogens is 492 g/mol. The van der Waals surface area contributed by atoms with Crippen molar-refractivity contribution >= 4 is 33.4 Å². The lowest BCUT2D eigenvalue weighted by molar-refractivity contribution is -0.115. The minimum Gasteiger partial charge on any atom is -0.325 e. The minimum absolute atomic E-state index is 0.128. The van der Waals surface area contributed by atoms with Gasteiger partial charge >= 0.3 is 0 Å². The molecule has 0 aliphatic carbocycles. The number of carbonyl (C=O) groups excluding carboxylic acids is 1. The Morgan fingerprint density at radius 1 is 0.917 bits per heavy atom. The molecule has 36 heavy (non-hydrogen) atoms. The molecule has 1 amide bonds. The van der Waals surface area contributed by atoms with Crippen molar-refractivity contribution in [1.82, 2.24) is 14.7 Å². The van der Waals surface area contributed by atoms with Gasteiger partial charge in [0.25, 0.3) is 0 Å². The number of rotatable bonds is 9. The van der Waals surface area contributed by atoms with E-state index in [2.05, 4.69) is 20.0 Å². The number of carbonyl (C=O) groups is 1. The van der Waals surface area contributed by atoms with Crippen LogP contribution in [-0.2, 0) is 21.4 Å². The molecule has 4 aromatic rings. The largest absolute Gasteiger partial charge is 0.325 e. The summed E-state index contributed by atoms with van der Waals surface area (Å²) in [7, 11) is -3.67. The normalized spacial score (nSPS) is 12.2. The molecule has 0 spiro atoms. The summed E-state index contributed by atoms with van der Waals surface area (Å²) in [6, 6.07) is 27.1. The maximum absolute atomic E-state index is 12.8. The van der Waals surface area contributed by atoms with Crippen LogP contribution in [0.2, 0.25) is 0 Å². The van der Waals surface area contributed by atoms with Crippen molar-refractivity contribution in [2.24, 2.45) is 0 Å². The summed E-state index contributed by atoms with van der Waals surface area (Å²) >= 11 is 1.34. The highest BCUT2D eigenvalue weighted by Crippen LogP contribution is 2.27.